The number of anilines is 1. The highest BCUT2D eigenvalue weighted by atomic mass is 16.4. The summed E-state index contributed by atoms with van der Waals surface area (Å²) in [7, 11) is 2.11. The second-order valence-corrected chi connectivity index (χ2v) is 8.30. The van der Waals surface area contributed by atoms with E-state index in [0.29, 0.717) is 11.6 Å². The van der Waals surface area contributed by atoms with Gasteiger partial charge in [0.1, 0.15) is 0 Å². The predicted octanol–water partition coefficient (Wildman–Crippen LogP) is 6.84. The highest BCUT2D eigenvalue weighted by Crippen LogP contribution is 2.33. The van der Waals surface area contributed by atoms with Gasteiger partial charge < -0.3 is 10.0 Å². The number of nitrogens with zero attached hydrogens (tertiary/aromatic N) is 1. The molecule has 0 bridgehead atoms. The minimum atomic E-state index is -0.837. The molecule has 0 fully saturated rings. The number of carboxylic acids is 1. The fourth-order valence-corrected chi connectivity index (χ4v) is 4.30. The number of rotatable bonds is 14. The summed E-state index contributed by atoms with van der Waals surface area (Å²) in [4.78, 5) is 13.5. The number of likely N-dealkylation sites (N-methyl/N-ethyl adjacent to an activating group) is 1. The predicted molar refractivity (Wildman–Crippen MR) is 115 cm³/mol. The Balaban J connectivity index is 1.52. The van der Waals surface area contributed by atoms with Crippen molar-refractivity contribution in [2.45, 2.75) is 103 Å². The van der Waals surface area contributed by atoms with E-state index in [2.05, 4.69) is 18.9 Å². The minimum absolute atomic E-state index is 0.395. The van der Waals surface area contributed by atoms with Gasteiger partial charge in [0, 0.05) is 18.8 Å². The van der Waals surface area contributed by atoms with Crippen LogP contribution in [-0.2, 0) is 6.42 Å². The van der Waals surface area contributed by atoms with E-state index < -0.39 is 5.97 Å². The molecule has 1 aromatic rings. The van der Waals surface area contributed by atoms with Crippen molar-refractivity contribution in [1.29, 1.82) is 0 Å². The fourth-order valence-electron chi connectivity index (χ4n) is 4.30. The third kappa shape index (κ3) is 7.20. The Morgan fingerprint density at radius 1 is 0.963 bits per heavy atom. The van der Waals surface area contributed by atoms with Gasteiger partial charge in [0.05, 0.1) is 5.56 Å². The van der Waals surface area contributed by atoms with Crippen LogP contribution in [0.3, 0.4) is 0 Å². The zero-order valence-corrected chi connectivity index (χ0v) is 17.5. The number of benzene rings is 1. The largest absolute Gasteiger partial charge is 0.478 e. The summed E-state index contributed by atoms with van der Waals surface area (Å²) in [6, 6.07) is 6.10. The molecule has 1 aromatic carbocycles. The first-order chi connectivity index (χ1) is 13.1. The Bertz CT molecular complexity index is 569. The highest BCUT2D eigenvalue weighted by molar-refractivity contribution is 5.89. The van der Waals surface area contributed by atoms with E-state index in [-0.39, 0.29) is 0 Å². The van der Waals surface area contributed by atoms with Crippen molar-refractivity contribution in [2.24, 2.45) is 0 Å². The van der Waals surface area contributed by atoms with Crippen LogP contribution in [-0.4, -0.2) is 24.2 Å². The first-order valence-electron chi connectivity index (χ1n) is 11.2. The van der Waals surface area contributed by atoms with Gasteiger partial charge in [0.25, 0.3) is 0 Å². The number of aromatic carboxylic acids is 1. The van der Waals surface area contributed by atoms with Crippen LogP contribution < -0.4 is 4.90 Å². The number of unbranched alkanes of at least 4 members (excludes halogenated alkanes) is 11. The second kappa shape index (κ2) is 12.0. The SMILES string of the molecule is CCCCCCCCCCCCCC[C@H]1Cc2ccc(C(=O)O)cc2N1C. The molecule has 27 heavy (non-hydrogen) atoms. The molecule has 0 aromatic heterocycles. The van der Waals surface area contributed by atoms with Crippen LogP contribution in [0.5, 0.6) is 0 Å². The number of hydrogen-bond acceptors (Lipinski definition) is 2. The van der Waals surface area contributed by atoms with Crippen molar-refractivity contribution < 1.29 is 9.90 Å². The summed E-state index contributed by atoms with van der Waals surface area (Å²) in [5.41, 5.74) is 2.80. The molecule has 1 aliphatic heterocycles. The number of carbonyl (C=O) groups is 1. The van der Waals surface area contributed by atoms with E-state index in [9.17, 15) is 9.90 Å². The summed E-state index contributed by atoms with van der Waals surface area (Å²) in [6.45, 7) is 2.28. The molecule has 0 saturated heterocycles. The monoisotopic (exact) mass is 373 g/mol. The Morgan fingerprint density at radius 3 is 2.07 bits per heavy atom. The molecular weight excluding hydrogens is 334 g/mol. The molecule has 0 radical (unpaired) electrons. The number of fused-ring (bicyclic) bond motifs is 1. The molecule has 2 rings (SSSR count). The molecule has 0 unspecified atom stereocenters. The van der Waals surface area contributed by atoms with Crippen molar-refractivity contribution in [3.63, 3.8) is 0 Å². The summed E-state index contributed by atoms with van der Waals surface area (Å²) in [5, 5.41) is 9.18. The first-order valence-corrected chi connectivity index (χ1v) is 11.2. The summed E-state index contributed by atoms with van der Waals surface area (Å²) >= 11 is 0. The van der Waals surface area contributed by atoms with Crippen LogP contribution in [0, 0.1) is 0 Å². The molecular formula is C24H39NO2. The lowest BCUT2D eigenvalue weighted by Gasteiger charge is -2.22. The molecule has 1 atom stereocenters. The molecule has 1 N–H and O–H groups in total. The first kappa shape index (κ1) is 21.8. The number of hydrogen-bond donors (Lipinski definition) is 1. The molecule has 0 saturated carbocycles. The summed E-state index contributed by atoms with van der Waals surface area (Å²) in [6.07, 6.45) is 18.9. The fraction of sp³-hybridized carbons (Fsp3) is 0.708. The van der Waals surface area contributed by atoms with Gasteiger partial charge in [0.15, 0.2) is 0 Å². The third-order valence-electron chi connectivity index (χ3n) is 6.11. The lowest BCUT2D eigenvalue weighted by Crippen LogP contribution is -2.27. The van der Waals surface area contributed by atoms with E-state index >= 15 is 0 Å². The molecule has 0 spiro atoms. The lowest BCUT2D eigenvalue weighted by molar-refractivity contribution is 0.0697. The lowest BCUT2D eigenvalue weighted by atomic mass is 10.0. The van der Waals surface area contributed by atoms with Gasteiger partial charge in [-0.05, 0) is 30.5 Å². The van der Waals surface area contributed by atoms with E-state index in [1.165, 1.54) is 89.0 Å². The van der Waals surface area contributed by atoms with Gasteiger partial charge in [-0.2, -0.15) is 0 Å². The van der Waals surface area contributed by atoms with Crippen molar-refractivity contribution in [3.05, 3.63) is 29.3 Å². The van der Waals surface area contributed by atoms with Gasteiger partial charge in [-0.3, -0.25) is 0 Å². The van der Waals surface area contributed by atoms with Crippen LogP contribution in [0.2, 0.25) is 0 Å². The molecule has 3 nitrogen and oxygen atoms in total. The maximum atomic E-state index is 11.2. The zero-order chi connectivity index (χ0) is 19.5. The maximum absolute atomic E-state index is 11.2. The summed E-state index contributed by atoms with van der Waals surface area (Å²) in [5.74, 6) is -0.837. The molecule has 152 valence electrons. The topological polar surface area (TPSA) is 40.5 Å². The van der Waals surface area contributed by atoms with E-state index in [1.807, 2.05) is 12.1 Å². The van der Waals surface area contributed by atoms with Gasteiger partial charge >= 0.3 is 5.97 Å². The van der Waals surface area contributed by atoms with Gasteiger partial charge in [-0.15, -0.1) is 0 Å². The quantitative estimate of drug-likeness (QED) is 0.363. The van der Waals surface area contributed by atoms with Crippen LogP contribution in [0.15, 0.2) is 18.2 Å². The molecule has 3 heteroatoms. The average molecular weight is 374 g/mol. The number of carboxylic acid groups (broad SMARTS) is 1. The highest BCUT2D eigenvalue weighted by Gasteiger charge is 2.26. The smallest absolute Gasteiger partial charge is 0.335 e. The Hall–Kier alpha value is -1.51. The van der Waals surface area contributed by atoms with Gasteiger partial charge in [-0.25, -0.2) is 4.79 Å². The zero-order valence-electron chi connectivity index (χ0n) is 17.5. The van der Waals surface area contributed by atoms with Crippen LogP contribution in [0.25, 0.3) is 0 Å². The molecule has 1 aliphatic rings. The van der Waals surface area contributed by atoms with Crippen LogP contribution in [0.4, 0.5) is 5.69 Å². The van der Waals surface area contributed by atoms with Gasteiger partial charge in [-0.1, -0.05) is 90.0 Å². The van der Waals surface area contributed by atoms with E-state index in [4.69, 9.17) is 0 Å². The van der Waals surface area contributed by atoms with Crippen LogP contribution in [0.1, 0.15) is 106 Å². The third-order valence-corrected chi connectivity index (χ3v) is 6.11. The minimum Gasteiger partial charge on any atom is -0.478 e. The van der Waals surface area contributed by atoms with Gasteiger partial charge in [0.2, 0.25) is 0 Å². The molecule has 1 heterocycles. The Kier molecular flexibility index (Phi) is 9.72. The second-order valence-electron chi connectivity index (χ2n) is 8.30. The van der Waals surface area contributed by atoms with E-state index in [0.717, 1.165) is 12.1 Å². The van der Waals surface area contributed by atoms with Crippen molar-refractivity contribution in [2.75, 3.05) is 11.9 Å². The van der Waals surface area contributed by atoms with Crippen molar-refractivity contribution in [1.82, 2.24) is 0 Å². The normalized spacial score (nSPS) is 15.9. The van der Waals surface area contributed by atoms with Crippen molar-refractivity contribution in [3.8, 4) is 0 Å². The Labute approximate surface area is 166 Å². The van der Waals surface area contributed by atoms with Crippen LogP contribution >= 0.6 is 0 Å². The standard InChI is InChI=1S/C24H39NO2/c1-3-4-5-6-7-8-9-10-11-12-13-14-15-22-18-20-16-17-21(24(26)27)19-23(20)25(22)2/h16-17,19,22H,3-15,18H2,1-2H3,(H,26,27)/t22-/m0/s1. The van der Waals surface area contributed by atoms with Crippen molar-refractivity contribution >= 4 is 11.7 Å². The average Bonchev–Trinajstić information content (AvgIpc) is 2.98. The molecule has 0 amide bonds. The summed E-state index contributed by atoms with van der Waals surface area (Å²) < 4.78 is 0. The maximum Gasteiger partial charge on any atom is 0.335 e. The van der Waals surface area contributed by atoms with E-state index in [1.54, 1.807) is 6.07 Å². The molecule has 0 aliphatic carbocycles. The Morgan fingerprint density at radius 2 is 1.52 bits per heavy atom.